The molecule has 0 aromatic heterocycles. The highest BCUT2D eigenvalue weighted by Gasteiger charge is 2.30. The highest BCUT2D eigenvalue weighted by atomic mass is 32.1. The van der Waals surface area contributed by atoms with Crippen molar-refractivity contribution in [1.82, 2.24) is 0 Å². The van der Waals surface area contributed by atoms with Crippen LogP contribution in [0.5, 0.6) is 0 Å². The lowest BCUT2D eigenvalue weighted by Gasteiger charge is -2.26. The molecule has 0 N–H and O–H groups in total. The Morgan fingerprint density at radius 1 is 1.21 bits per heavy atom. The minimum atomic E-state index is 0.134. The Morgan fingerprint density at radius 2 is 1.74 bits per heavy atom. The van der Waals surface area contributed by atoms with Gasteiger partial charge in [-0.25, -0.2) is 0 Å². The van der Waals surface area contributed by atoms with Crippen LogP contribution in [0.3, 0.4) is 0 Å². The molecule has 1 atom stereocenters. The molecule has 0 radical (unpaired) electrons. The molecule has 0 saturated carbocycles. The Balaban J connectivity index is 2.46. The van der Waals surface area contributed by atoms with Crippen LogP contribution in [0.25, 0.3) is 0 Å². The summed E-state index contributed by atoms with van der Waals surface area (Å²) < 4.78 is 0. The van der Waals surface area contributed by atoms with Gasteiger partial charge in [0.25, 0.3) is 0 Å². The zero-order valence-electron chi connectivity index (χ0n) is 12.4. The van der Waals surface area contributed by atoms with E-state index in [4.69, 9.17) is 0 Å². The van der Waals surface area contributed by atoms with Crippen LogP contribution in [0.4, 0.5) is 5.69 Å². The Hall–Kier alpha value is -0.960. The largest absolute Gasteiger partial charge is 0.311 e. The maximum atomic E-state index is 12.0. The Bertz CT molecular complexity index is 493. The molecule has 1 aromatic rings. The molecule has 0 bridgehead atoms. The molecule has 1 aromatic carbocycles. The fraction of sp³-hybridized carbons (Fsp3) is 0.562. The summed E-state index contributed by atoms with van der Waals surface area (Å²) in [4.78, 5) is 13.9. The quantitative estimate of drug-likeness (QED) is 0.777. The van der Waals surface area contributed by atoms with E-state index in [0.717, 1.165) is 12.2 Å². The summed E-state index contributed by atoms with van der Waals surface area (Å²) in [6.07, 6.45) is 0.545. The Labute approximate surface area is 121 Å². The second-order valence-corrected chi connectivity index (χ2v) is 7.30. The van der Waals surface area contributed by atoms with E-state index >= 15 is 0 Å². The summed E-state index contributed by atoms with van der Waals surface area (Å²) in [7, 11) is 0. The number of rotatable bonds is 1. The lowest BCUT2D eigenvalue weighted by molar-refractivity contribution is -0.117. The fourth-order valence-electron chi connectivity index (χ4n) is 2.72. The van der Waals surface area contributed by atoms with E-state index in [-0.39, 0.29) is 16.6 Å². The molecule has 2 nitrogen and oxygen atoms in total. The first-order chi connectivity index (χ1) is 8.70. The average Bonchev–Trinajstić information content (AvgIpc) is 2.55. The van der Waals surface area contributed by atoms with Crippen LogP contribution < -0.4 is 4.90 Å². The van der Waals surface area contributed by atoms with Crippen LogP contribution in [0, 0.1) is 13.8 Å². The summed E-state index contributed by atoms with van der Waals surface area (Å²) in [5.41, 5.74) is 4.89. The minimum Gasteiger partial charge on any atom is -0.311 e. The second-order valence-electron chi connectivity index (χ2n) is 6.57. The standard InChI is InChI=1S/C16H23NOS/c1-10-6-12(16(3,4)5)7-11(2)15(10)17-9-13(19)8-14(17)18/h6-7,13,19H,8-9H2,1-5H3. The molecule has 1 aliphatic rings. The molecule has 1 fully saturated rings. The molecule has 3 heteroatoms. The number of carbonyl (C=O) groups is 1. The maximum Gasteiger partial charge on any atom is 0.228 e. The van der Waals surface area contributed by atoms with Crippen LogP contribution in [0.2, 0.25) is 0 Å². The fourth-order valence-corrected chi connectivity index (χ4v) is 3.04. The third kappa shape index (κ3) is 2.81. The van der Waals surface area contributed by atoms with Gasteiger partial charge in [0.2, 0.25) is 5.91 Å². The van der Waals surface area contributed by atoms with E-state index in [2.05, 4.69) is 59.4 Å². The van der Waals surface area contributed by atoms with Gasteiger partial charge in [0.1, 0.15) is 0 Å². The highest BCUT2D eigenvalue weighted by molar-refractivity contribution is 7.81. The molecule has 1 saturated heterocycles. The van der Waals surface area contributed by atoms with Crippen LogP contribution in [-0.4, -0.2) is 17.7 Å². The van der Waals surface area contributed by atoms with Crippen LogP contribution in [0.15, 0.2) is 12.1 Å². The number of nitrogens with zero attached hydrogens (tertiary/aromatic N) is 1. The SMILES string of the molecule is Cc1cc(C(C)(C)C)cc(C)c1N1CC(S)CC1=O. The molecule has 1 aliphatic heterocycles. The van der Waals surface area contributed by atoms with Gasteiger partial charge in [-0.3, -0.25) is 4.79 Å². The monoisotopic (exact) mass is 277 g/mol. The molecule has 1 amide bonds. The Morgan fingerprint density at radius 3 is 2.11 bits per heavy atom. The molecule has 104 valence electrons. The number of amides is 1. The van der Waals surface area contributed by atoms with Gasteiger partial charge in [-0.2, -0.15) is 12.6 Å². The van der Waals surface area contributed by atoms with Gasteiger partial charge in [-0.15, -0.1) is 0 Å². The van der Waals surface area contributed by atoms with Crippen molar-refractivity contribution in [2.24, 2.45) is 0 Å². The van der Waals surface area contributed by atoms with Crippen molar-refractivity contribution in [2.45, 2.75) is 51.7 Å². The summed E-state index contributed by atoms with van der Waals surface area (Å²) in [6.45, 7) is 11.6. The lowest BCUT2D eigenvalue weighted by Crippen LogP contribution is -2.26. The molecule has 1 heterocycles. The molecule has 1 unspecified atom stereocenters. The molecule has 0 aliphatic carbocycles. The van der Waals surface area contributed by atoms with Gasteiger partial charge in [-0.1, -0.05) is 32.9 Å². The van der Waals surface area contributed by atoms with Crippen molar-refractivity contribution < 1.29 is 4.79 Å². The van der Waals surface area contributed by atoms with E-state index in [1.54, 1.807) is 0 Å². The number of benzene rings is 1. The number of anilines is 1. The van der Waals surface area contributed by atoms with Crippen LogP contribution in [0.1, 0.15) is 43.9 Å². The molecular weight excluding hydrogens is 254 g/mol. The topological polar surface area (TPSA) is 20.3 Å². The van der Waals surface area contributed by atoms with E-state index in [0.29, 0.717) is 6.42 Å². The van der Waals surface area contributed by atoms with Gasteiger partial charge in [0, 0.05) is 23.9 Å². The van der Waals surface area contributed by atoms with Gasteiger partial charge < -0.3 is 4.90 Å². The predicted octanol–water partition coefficient (Wildman–Crippen LogP) is 3.64. The number of hydrogen-bond acceptors (Lipinski definition) is 2. The molecule has 19 heavy (non-hydrogen) atoms. The number of thiol groups is 1. The first-order valence-electron chi connectivity index (χ1n) is 6.80. The van der Waals surface area contributed by atoms with Gasteiger partial charge >= 0.3 is 0 Å². The number of hydrogen-bond donors (Lipinski definition) is 1. The molecule has 0 spiro atoms. The van der Waals surface area contributed by atoms with Crippen molar-refractivity contribution in [3.05, 3.63) is 28.8 Å². The first kappa shape index (κ1) is 14.4. The van der Waals surface area contributed by atoms with Crippen molar-refractivity contribution in [1.29, 1.82) is 0 Å². The smallest absolute Gasteiger partial charge is 0.228 e. The van der Waals surface area contributed by atoms with Gasteiger partial charge in [-0.05, 0) is 36.0 Å². The van der Waals surface area contributed by atoms with Crippen molar-refractivity contribution in [3.8, 4) is 0 Å². The normalized spacial score (nSPS) is 20.2. The van der Waals surface area contributed by atoms with E-state index in [1.807, 2.05) is 4.90 Å². The summed E-state index contributed by atoms with van der Waals surface area (Å²) in [6, 6.07) is 4.42. The molecule has 2 rings (SSSR count). The summed E-state index contributed by atoms with van der Waals surface area (Å²) in [5, 5.41) is 0.161. The van der Waals surface area contributed by atoms with Crippen LogP contribution >= 0.6 is 12.6 Å². The maximum absolute atomic E-state index is 12.0. The highest BCUT2D eigenvalue weighted by Crippen LogP contribution is 2.34. The summed E-state index contributed by atoms with van der Waals surface area (Å²) in [5.74, 6) is 0.190. The van der Waals surface area contributed by atoms with Gasteiger partial charge in [0.05, 0.1) is 0 Å². The number of aryl methyl sites for hydroxylation is 2. The van der Waals surface area contributed by atoms with Crippen molar-refractivity contribution in [3.63, 3.8) is 0 Å². The third-order valence-electron chi connectivity index (χ3n) is 3.73. The third-order valence-corrected chi connectivity index (χ3v) is 4.08. The lowest BCUT2D eigenvalue weighted by atomic mass is 9.84. The van der Waals surface area contributed by atoms with Crippen LogP contribution in [-0.2, 0) is 10.2 Å². The zero-order valence-corrected chi connectivity index (χ0v) is 13.3. The Kier molecular flexibility index (Phi) is 3.69. The van der Waals surface area contributed by atoms with E-state index < -0.39 is 0 Å². The first-order valence-corrected chi connectivity index (χ1v) is 7.32. The van der Waals surface area contributed by atoms with E-state index in [1.165, 1.54) is 16.7 Å². The average molecular weight is 277 g/mol. The zero-order chi connectivity index (χ0) is 14.4. The summed E-state index contributed by atoms with van der Waals surface area (Å²) >= 11 is 4.43. The second kappa shape index (κ2) is 4.86. The van der Waals surface area contributed by atoms with Crippen molar-refractivity contribution >= 4 is 24.2 Å². The minimum absolute atomic E-state index is 0.134. The molecular formula is C16H23NOS. The van der Waals surface area contributed by atoms with E-state index in [9.17, 15) is 4.79 Å². The van der Waals surface area contributed by atoms with Gasteiger partial charge in [0.15, 0.2) is 0 Å². The van der Waals surface area contributed by atoms with Crippen molar-refractivity contribution in [2.75, 3.05) is 11.4 Å². The number of carbonyl (C=O) groups excluding carboxylic acids is 1. The predicted molar refractivity (Wildman–Crippen MR) is 84.4 cm³/mol.